The van der Waals surface area contributed by atoms with Crippen LogP contribution >= 0.6 is 15.9 Å². The Bertz CT molecular complexity index is 404. The maximum atomic E-state index is 13.0. The molecular formula is C11H13BrF2N2O. The number of methoxy groups -OCH3 is 1. The predicted molar refractivity (Wildman–Crippen MR) is 64.9 cm³/mol. The van der Waals surface area contributed by atoms with Crippen LogP contribution in [0.2, 0.25) is 0 Å². The molecule has 1 aromatic heterocycles. The van der Waals surface area contributed by atoms with E-state index in [9.17, 15) is 8.78 Å². The second-order valence-corrected chi connectivity index (χ2v) is 4.86. The van der Waals surface area contributed by atoms with Gasteiger partial charge in [-0.3, -0.25) is 0 Å². The first-order valence-electron chi connectivity index (χ1n) is 5.35. The lowest BCUT2D eigenvalue weighted by molar-refractivity contribution is -0.0221. The number of anilines is 1. The molecule has 2 rings (SSSR count). The van der Waals surface area contributed by atoms with E-state index >= 15 is 0 Å². The van der Waals surface area contributed by atoms with Crippen molar-refractivity contribution >= 4 is 21.7 Å². The van der Waals surface area contributed by atoms with Crippen LogP contribution in [-0.4, -0.2) is 31.1 Å². The maximum Gasteiger partial charge on any atom is 0.251 e. The van der Waals surface area contributed by atoms with Crippen LogP contribution in [0, 0.1) is 0 Å². The number of nitrogens with zero attached hydrogens (tertiary/aromatic N) is 2. The summed E-state index contributed by atoms with van der Waals surface area (Å²) in [5.41, 5.74) is 0. The lowest BCUT2D eigenvalue weighted by Gasteiger charge is -2.32. The van der Waals surface area contributed by atoms with Gasteiger partial charge in [0.05, 0.1) is 11.6 Å². The molecule has 3 nitrogen and oxygen atoms in total. The number of hydrogen-bond donors (Lipinski definition) is 0. The van der Waals surface area contributed by atoms with Crippen LogP contribution in [0.25, 0.3) is 0 Å². The highest BCUT2D eigenvalue weighted by Crippen LogP contribution is 2.31. The summed E-state index contributed by atoms with van der Waals surface area (Å²) in [6.07, 6.45) is -0.236. The molecule has 0 aliphatic carbocycles. The molecule has 17 heavy (non-hydrogen) atoms. The normalized spacial score (nSPS) is 19.2. The van der Waals surface area contributed by atoms with Crippen molar-refractivity contribution in [1.29, 1.82) is 0 Å². The third-order valence-corrected chi connectivity index (χ3v) is 3.41. The molecule has 0 atom stereocenters. The fraction of sp³-hybridized carbons (Fsp3) is 0.545. The number of pyridine rings is 1. The van der Waals surface area contributed by atoms with Crippen molar-refractivity contribution in [3.63, 3.8) is 0 Å². The lowest BCUT2D eigenvalue weighted by Crippen LogP contribution is -2.39. The van der Waals surface area contributed by atoms with Crippen molar-refractivity contribution < 1.29 is 13.5 Å². The third-order valence-electron chi connectivity index (χ3n) is 2.81. The molecular weight excluding hydrogens is 294 g/mol. The summed E-state index contributed by atoms with van der Waals surface area (Å²) in [6.45, 7) is 0.648. The van der Waals surface area contributed by atoms with Gasteiger partial charge in [-0.25, -0.2) is 8.78 Å². The Morgan fingerprint density at radius 1 is 1.35 bits per heavy atom. The molecule has 1 aliphatic rings. The van der Waals surface area contributed by atoms with E-state index in [0.29, 0.717) is 24.8 Å². The SMILES string of the molecule is COc1nc(N2CCC(F)(F)CC2)ccc1Br. The minimum atomic E-state index is -2.53. The molecule has 94 valence electrons. The van der Waals surface area contributed by atoms with Crippen molar-refractivity contribution in [1.82, 2.24) is 4.98 Å². The van der Waals surface area contributed by atoms with Crippen LogP contribution < -0.4 is 9.64 Å². The number of hydrogen-bond acceptors (Lipinski definition) is 3. The van der Waals surface area contributed by atoms with Crippen molar-refractivity contribution in [3.8, 4) is 5.88 Å². The first kappa shape index (κ1) is 12.5. The summed E-state index contributed by atoms with van der Waals surface area (Å²) in [5, 5.41) is 0. The number of ether oxygens (including phenoxy) is 1. The van der Waals surface area contributed by atoms with Crippen LogP contribution in [0.1, 0.15) is 12.8 Å². The van der Waals surface area contributed by atoms with Gasteiger partial charge < -0.3 is 9.64 Å². The standard InChI is InChI=1S/C11H13BrF2N2O/c1-17-10-8(12)2-3-9(15-10)16-6-4-11(13,14)5-7-16/h2-3H,4-7H2,1H3. The summed E-state index contributed by atoms with van der Waals surface area (Å²) < 4.78 is 31.9. The van der Waals surface area contributed by atoms with Gasteiger partial charge in [0, 0.05) is 25.9 Å². The summed E-state index contributed by atoms with van der Waals surface area (Å²) in [4.78, 5) is 6.13. The fourth-order valence-electron chi connectivity index (χ4n) is 1.80. The molecule has 1 aliphatic heterocycles. The molecule has 0 N–H and O–H groups in total. The molecule has 0 saturated carbocycles. The Kier molecular flexibility index (Phi) is 3.51. The van der Waals surface area contributed by atoms with Crippen LogP contribution in [0.3, 0.4) is 0 Å². The van der Waals surface area contributed by atoms with Gasteiger partial charge in [-0.05, 0) is 28.1 Å². The highest BCUT2D eigenvalue weighted by atomic mass is 79.9. The number of aromatic nitrogens is 1. The minimum absolute atomic E-state index is 0.118. The zero-order chi connectivity index (χ0) is 12.5. The molecule has 0 spiro atoms. The smallest absolute Gasteiger partial charge is 0.251 e. The van der Waals surface area contributed by atoms with E-state index in [2.05, 4.69) is 20.9 Å². The molecule has 2 heterocycles. The van der Waals surface area contributed by atoms with Gasteiger partial charge in [0.25, 0.3) is 5.92 Å². The quantitative estimate of drug-likeness (QED) is 0.839. The largest absolute Gasteiger partial charge is 0.480 e. The Morgan fingerprint density at radius 2 is 2.00 bits per heavy atom. The van der Waals surface area contributed by atoms with E-state index in [-0.39, 0.29) is 12.8 Å². The van der Waals surface area contributed by atoms with E-state index in [0.717, 1.165) is 4.47 Å². The molecule has 1 aromatic rings. The van der Waals surface area contributed by atoms with E-state index in [4.69, 9.17) is 4.74 Å². The van der Waals surface area contributed by atoms with Crippen LogP contribution in [-0.2, 0) is 0 Å². The Hall–Kier alpha value is -0.910. The zero-order valence-electron chi connectivity index (χ0n) is 9.42. The molecule has 1 fully saturated rings. The topological polar surface area (TPSA) is 25.4 Å². The van der Waals surface area contributed by atoms with E-state index in [1.54, 1.807) is 6.07 Å². The monoisotopic (exact) mass is 306 g/mol. The molecule has 1 saturated heterocycles. The highest BCUT2D eigenvalue weighted by molar-refractivity contribution is 9.10. The van der Waals surface area contributed by atoms with Crippen molar-refractivity contribution in [2.75, 3.05) is 25.1 Å². The van der Waals surface area contributed by atoms with E-state index in [1.165, 1.54) is 7.11 Å². The molecule has 0 amide bonds. The minimum Gasteiger partial charge on any atom is -0.480 e. The van der Waals surface area contributed by atoms with Gasteiger partial charge >= 0.3 is 0 Å². The maximum absolute atomic E-state index is 13.0. The third kappa shape index (κ3) is 2.86. The molecule has 6 heteroatoms. The van der Waals surface area contributed by atoms with Gasteiger partial charge in [-0.2, -0.15) is 4.98 Å². The van der Waals surface area contributed by atoms with Crippen molar-refractivity contribution in [2.24, 2.45) is 0 Å². The van der Waals surface area contributed by atoms with E-state index < -0.39 is 5.92 Å². The predicted octanol–water partition coefficient (Wildman–Crippen LogP) is 3.09. The van der Waals surface area contributed by atoms with Gasteiger partial charge in [0.15, 0.2) is 0 Å². The average molecular weight is 307 g/mol. The van der Waals surface area contributed by atoms with Gasteiger partial charge in [0.1, 0.15) is 5.82 Å². The molecule has 0 unspecified atom stereocenters. The second kappa shape index (κ2) is 4.76. The summed E-state index contributed by atoms with van der Waals surface area (Å²) in [7, 11) is 1.53. The molecule has 0 bridgehead atoms. The van der Waals surface area contributed by atoms with Gasteiger partial charge in [0.2, 0.25) is 5.88 Å². The van der Waals surface area contributed by atoms with Crippen LogP contribution in [0.15, 0.2) is 16.6 Å². The van der Waals surface area contributed by atoms with E-state index in [1.807, 2.05) is 11.0 Å². The van der Waals surface area contributed by atoms with Crippen LogP contribution in [0.5, 0.6) is 5.88 Å². The number of piperidine rings is 1. The first-order chi connectivity index (χ1) is 8.02. The fourth-order valence-corrected chi connectivity index (χ4v) is 2.18. The summed E-state index contributed by atoms with van der Waals surface area (Å²) >= 11 is 3.31. The highest BCUT2D eigenvalue weighted by Gasteiger charge is 2.34. The number of halogens is 3. The number of alkyl halides is 2. The Labute approximate surface area is 107 Å². The average Bonchev–Trinajstić information content (AvgIpc) is 2.30. The Morgan fingerprint density at radius 3 is 2.59 bits per heavy atom. The zero-order valence-corrected chi connectivity index (χ0v) is 11.0. The number of rotatable bonds is 2. The van der Waals surface area contributed by atoms with Crippen molar-refractivity contribution in [2.45, 2.75) is 18.8 Å². The van der Waals surface area contributed by atoms with Crippen LogP contribution in [0.4, 0.5) is 14.6 Å². The first-order valence-corrected chi connectivity index (χ1v) is 6.14. The molecule has 0 aromatic carbocycles. The van der Waals surface area contributed by atoms with Gasteiger partial charge in [-0.1, -0.05) is 0 Å². The van der Waals surface area contributed by atoms with Gasteiger partial charge in [-0.15, -0.1) is 0 Å². The lowest BCUT2D eigenvalue weighted by atomic mass is 10.1. The Balaban J connectivity index is 2.13. The van der Waals surface area contributed by atoms with Crippen molar-refractivity contribution in [3.05, 3.63) is 16.6 Å². The second-order valence-electron chi connectivity index (χ2n) is 4.00. The summed E-state index contributed by atoms with van der Waals surface area (Å²) in [5.74, 6) is -1.38. The summed E-state index contributed by atoms with van der Waals surface area (Å²) in [6, 6.07) is 3.62. The molecule has 0 radical (unpaired) electrons.